The fourth-order valence-corrected chi connectivity index (χ4v) is 4.60. The van der Waals surface area contributed by atoms with Gasteiger partial charge in [-0.25, -0.2) is 4.98 Å². The average molecular weight is 310 g/mol. The van der Waals surface area contributed by atoms with Crippen LogP contribution in [0.5, 0.6) is 0 Å². The Morgan fingerprint density at radius 3 is 3.00 bits per heavy atom. The third-order valence-corrected chi connectivity index (χ3v) is 5.90. The maximum absolute atomic E-state index is 12.5. The van der Waals surface area contributed by atoms with Crippen LogP contribution in [0.2, 0.25) is 0 Å². The van der Waals surface area contributed by atoms with Crippen molar-refractivity contribution in [2.24, 2.45) is 5.73 Å². The highest BCUT2D eigenvalue weighted by Gasteiger charge is 2.29. The van der Waals surface area contributed by atoms with Crippen LogP contribution in [0, 0.1) is 0 Å². The number of hydrogen-bond donors (Lipinski definition) is 1. The van der Waals surface area contributed by atoms with E-state index in [-0.39, 0.29) is 11.9 Å². The van der Waals surface area contributed by atoms with Gasteiger partial charge in [-0.05, 0) is 18.9 Å². The monoisotopic (exact) mass is 310 g/mol. The molecule has 1 atom stereocenters. The van der Waals surface area contributed by atoms with Crippen LogP contribution < -0.4 is 10.6 Å². The number of aromatic nitrogens is 1. The molecule has 2 aromatic rings. The second-order valence-corrected chi connectivity index (χ2v) is 7.24. The zero-order valence-corrected chi connectivity index (χ0v) is 13.3. The first kappa shape index (κ1) is 13.8. The molecule has 2 aromatic heterocycles. The Kier molecular flexibility index (Phi) is 3.66. The predicted octanol–water partition coefficient (Wildman–Crippen LogP) is 1.99. The summed E-state index contributed by atoms with van der Waals surface area (Å²) in [5.41, 5.74) is 5.74. The molecule has 1 aliphatic rings. The number of carbonyl (C=O) groups excluding carboxylic acids is 1. The molecule has 0 bridgehead atoms. The van der Waals surface area contributed by atoms with E-state index < -0.39 is 0 Å². The number of nitrogens with zero attached hydrogens (tertiary/aromatic N) is 3. The van der Waals surface area contributed by atoms with Crippen LogP contribution in [0.3, 0.4) is 0 Å². The minimum atomic E-state index is 0.111. The summed E-state index contributed by atoms with van der Waals surface area (Å²) in [6.45, 7) is 1.37. The normalized spacial score (nSPS) is 18.9. The number of anilines is 1. The van der Waals surface area contributed by atoms with Gasteiger partial charge in [0.2, 0.25) is 0 Å². The van der Waals surface area contributed by atoms with Crippen molar-refractivity contribution in [3.8, 4) is 0 Å². The molecule has 20 heavy (non-hydrogen) atoms. The van der Waals surface area contributed by atoms with Crippen LogP contribution in [0.15, 0.2) is 6.07 Å². The van der Waals surface area contributed by atoms with Gasteiger partial charge in [-0.15, -0.1) is 11.3 Å². The van der Waals surface area contributed by atoms with Crippen LogP contribution in [0.1, 0.15) is 22.5 Å². The zero-order chi connectivity index (χ0) is 14.3. The number of thiazole rings is 1. The highest BCUT2D eigenvalue weighted by molar-refractivity contribution is 7.29. The fourth-order valence-electron chi connectivity index (χ4n) is 2.51. The van der Waals surface area contributed by atoms with Gasteiger partial charge in [-0.1, -0.05) is 11.3 Å². The first-order valence-electron chi connectivity index (χ1n) is 6.69. The summed E-state index contributed by atoms with van der Waals surface area (Å²) in [6, 6.07) is 2.17. The molecule has 1 unspecified atom stereocenters. The molecule has 0 aliphatic carbocycles. The first-order valence-corrected chi connectivity index (χ1v) is 8.32. The first-order chi connectivity index (χ1) is 9.60. The van der Waals surface area contributed by atoms with Crippen molar-refractivity contribution in [3.63, 3.8) is 0 Å². The van der Waals surface area contributed by atoms with E-state index in [1.54, 1.807) is 11.3 Å². The summed E-state index contributed by atoms with van der Waals surface area (Å²) in [5.74, 6) is 0.111. The number of carbonyl (C=O) groups is 1. The summed E-state index contributed by atoms with van der Waals surface area (Å²) in [4.78, 5) is 22.7. The van der Waals surface area contributed by atoms with Crippen molar-refractivity contribution in [3.05, 3.63) is 10.9 Å². The minimum Gasteiger partial charge on any atom is -0.354 e. The molecule has 0 aromatic carbocycles. The number of fused-ring (bicyclic) bond motifs is 1. The molecule has 108 valence electrons. The number of thiophene rings is 1. The van der Waals surface area contributed by atoms with Gasteiger partial charge < -0.3 is 15.5 Å². The summed E-state index contributed by atoms with van der Waals surface area (Å²) in [7, 11) is 3.95. The zero-order valence-electron chi connectivity index (χ0n) is 11.6. The van der Waals surface area contributed by atoms with Crippen molar-refractivity contribution >= 4 is 43.2 Å². The molecule has 1 saturated heterocycles. The molecule has 3 heterocycles. The molecule has 3 rings (SSSR count). The van der Waals surface area contributed by atoms with Gasteiger partial charge >= 0.3 is 0 Å². The number of rotatable bonds is 3. The third-order valence-electron chi connectivity index (χ3n) is 3.58. The van der Waals surface area contributed by atoms with Gasteiger partial charge in [0.25, 0.3) is 5.91 Å². The summed E-state index contributed by atoms with van der Waals surface area (Å²) in [5, 5.41) is 0.978. The molecule has 7 heteroatoms. The SMILES string of the molecule is CN(C)c1nc2sc(C(=O)N3CCCC3CN)cc2s1. The van der Waals surface area contributed by atoms with Gasteiger partial charge in [0.1, 0.15) is 4.83 Å². The molecule has 1 amide bonds. The van der Waals surface area contributed by atoms with Crippen LogP contribution in [-0.4, -0.2) is 49.0 Å². The summed E-state index contributed by atoms with van der Waals surface area (Å²) >= 11 is 3.11. The molecule has 1 fully saturated rings. The van der Waals surface area contributed by atoms with E-state index >= 15 is 0 Å². The Morgan fingerprint density at radius 2 is 2.35 bits per heavy atom. The number of likely N-dealkylation sites (tertiary alicyclic amines) is 1. The van der Waals surface area contributed by atoms with Gasteiger partial charge in [-0.3, -0.25) is 4.79 Å². The Hall–Kier alpha value is -1.18. The topological polar surface area (TPSA) is 62.5 Å². The Bertz CT molecular complexity index is 602. The van der Waals surface area contributed by atoms with E-state index in [1.807, 2.05) is 30.0 Å². The number of hydrogen-bond acceptors (Lipinski definition) is 6. The molecule has 0 radical (unpaired) electrons. The van der Waals surface area contributed by atoms with Gasteiger partial charge in [-0.2, -0.15) is 0 Å². The Balaban J connectivity index is 1.86. The molecule has 0 saturated carbocycles. The maximum Gasteiger partial charge on any atom is 0.264 e. The van der Waals surface area contributed by atoms with Crippen molar-refractivity contribution in [2.45, 2.75) is 18.9 Å². The smallest absolute Gasteiger partial charge is 0.264 e. The van der Waals surface area contributed by atoms with Crippen LogP contribution in [0.25, 0.3) is 9.53 Å². The van der Waals surface area contributed by atoms with E-state index in [0.717, 1.165) is 38.9 Å². The Labute approximate surface area is 126 Å². The van der Waals surface area contributed by atoms with Crippen molar-refractivity contribution in [1.29, 1.82) is 0 Å². The molecule has 5 nitrogen and oxygen atoms in total. The van der Waals surface area contributed by atoms with E-state index in [1.165, 1.54) is 11.3 Å². The lowest BCUT2D eigenvalue weighted by atomic mass is 10.2. The minimum absolute atomic E-state index is 0.111. The van der Waals surface area contributed by atoms with Gasteiger partial charge in [0.15, 0.2) is 5.13 Å². The lowest BCUT2D eigenvalue weighted by molar-refractivity contribution is 0.0746. The van der Waals surface area contributed by atoms with Crippen LogP contribution in [-0.2, 0) is 0 Å². The second kappa shape index (κ2) is 5.31. The van der Waals surface area contributed by atoms with Crippen LogP contribution in [0.4, 0.5) is 5.13 Å². The number of nitrogens with two attached hydrogens (primary N) is 1. The third kappa shape index (κ3) is 2.30. The molecule has 1 aliphatic heterocycles. The average Bonchev–Trinajstić information content (AvgIpc) is 3.10. The van der Waals surface area contributed by atoms with E-state index in [2.05, 4.69) is 4.98 Å². The largest absolute Gasteiger partial charge is 0.354 e. The van der Waals surface area contributed by atoms with E-state index in [0.29, 0.717) is 6.54 Å². The second-order valence-electron chi connectivity index (χ2n) is 5.20. The van der Waals surface area contributed by atoms with E-state index in [9.17, 15) is 4.79 Å². The van der Waals surface area contributed by atoms with Crippen molar-refractivity contribution in [2.75, 3.05) is 32.1 Å². The van der Waals surface area contributed by atoms with Crippen LogP contribution >= 0.6 is 22.7 Å². The molecular weight excluding hydrogens is 292 g/mol. The molecular formula is C13H18N4OS2. The highest BCUT2D eigenvalue weighted by atomic mass is 32.1. The summed E-state index contributed by atoms with van der Waals surface area (Å²) < 4.78 is 1.09. The quantitative estimate of drug-likeness (QED) is 0.942. The molecule has 0 spiro atoms. The number of amides is 1. The Morgan fingerprint density at radius 1 is 1.55 bits per heavy atom. The summed E-state index contributed by atoms with van der Waals surface area (Å²) in [6.07, 6.45) is 2.07. The van der Waals surface area contributed by atoms with Crippen molar-refractivity contribution < 1.29 is 4.79 Å². The lowest BCUT2D eigenvalue weighted by Gasteiger charge is -2.22. The van der Waals surface area contributed by atoms with Gasteiger partial charge in [0.05, 0.1) is 9.58 Å². The van der Waals surface area contributed by atoms with Crippen molar-refractivity contribution in [1.82, 2.24) is 9.88 Å². The van der Waals surface area contributed by atoms with E-state index in [4.69, 9.17) is 5.73 Å². The highest BCUT2D eigenvalue weighted by Crippen LogP contribution is 2.35. The fraction of sp³-hybridized carbons (Fsp3) is 0.538. The predicted molar refractivity (Wildman–Crippen MR) is 84.9 cm³/mol. The standard InChI is InChI=1S/C13H18N4OS2/c1-16(2)13-15-11-9(20-13)6-10(19-11)12(18)17-5-3-4-8(17)7-14/h6,8H,3-5,7,14H2,1-2H3. The molecule has 2 N–H and O–H groups in total. The van der Waals surface area contributed by atoms with Gasteiger partial charge in [0, 0.05) is 33.2 Å². The lowest BCUT2D eigenvalue weighted by Crippen LogP contribution is -2.39. The maximum atomic E-state index is 12.5.